The lowest BCUT2D eigenvalue weighted by molar-refractivity contribution is -0.00869. The molecule has 2 fully saturated rings. The van der Waals surface area contributed by atoms with Crippen LogP contribution in [0.25, 0.3) is 0 Å². The SMILES string of the molecule is CCC1CCC(O)(CNCCC2CCCCC2)CC1. The van der Waals surface area contributed by atoms with Crippen LogP contribution < -0.4 is 5.32 Å². The van der Waals surface area contributed by atoms with E-state index >= 15 is 0 Å². The van der Waals surface area contributed by atoms with Crippen LogP contribution >= 0.6 is 0 Å². The number of hydrogen-bond acceptors (Lipinski definition) is 2. The molecule has 2 aliphatic carbocycles. The van der Waals surface area contributed by atoms with Gasteiger partial charge in [0.05, 0.1) is 5.60 Å². The van der Waals surface area contributed by atoms with Crippen LogP contribution in [0.1, 0.15) is 77.6 Å². The first-order valence-electron chi connectivity index (χ1n) is 8.65. The second kappa shape index (κ2) is 7.64. The zero-order valence-electron chi connectivity index (χ0n) is 12.8. The molecule has 0 spiro atoms. The van der Waals surface area contributed by atoms with Gasteiger partial charge in [-0.2, -0.15) is 0 Å². The molecule has 2 saturated carbocycles. The fourth-order valence-electron chi connectivity index (χ4n) is 3.90. The van der Waals surface area contributed by atoms with E-state index in [0.717, 1.165) is 37.8 Å². The van der Waals surface area contributed by atoms with E-state index in [4.69, 9.17) is 0 Å². The van der Waals surface area contributed by atoms with Gasteiger partial charge in [0.25, 0.3) is 0 Å². The Morgan fingerprint density at radius 3 is 2.32 bits per heavy atom. The largest absolute Gasteiger partial charge is 0.389 e. The van der Waals surface area contributed by atoms with Gasteiger partial charge < -0.3 is 10.4 Å². The molecule has 0 bridgehead atoms. The maximum atomic E-state index is 10.6. The van der Waals surface area contributed by atoms with Crippen molar-refractivity contribution in [2.75, 3.05) is 13.1 Å². The summed E-state index contributed by atoms with van der Waals surface area (Å²) in [6.07, 6.45) is 14.2. The minimum atomic E-state index is -0.405. The lowest BCUT2D eigenvalue weighted by Gasteiger charge is -2.36. The molecular formula is C17H33NO. The summed E-state index contributed by atoms with van der Waals surface area (Å²) < 4.78 is 0. The molecule has 2 nitrogen and oxygen atoms in total. The third-order valence-corrected chi connectivity index (χ3v) is 5.52. The first-order valence-corrected chi connectivity index (χ1v) is 8.65. The van der Waals surface area contributed by atoms with Crippen LogP contribution in [-0.2, 0) is 0 Å². The number of rotatable bonds is 6. The van der Waals surface area contributed by atoms with E-state index in [1.807, 2.05) is 0 Å². The highest BCUT2D eigenvalue weighted by atomic mass is 16.3. The number of nitrogens with one attached hydrogen (secondary N) is 1. The normalized spacial score (nSPS) is 33.5. The highest BCUT2D eigenvalue weighted by molar-refractivity contribution is 4.87. The maximum Gasteiger partial charge on any atom is 0.0771 e. The Hall–Kier alpha value is -0.0800. The van der Waals surface area contributed by atoms with Gasteiger partial charge in [-0.1, -0.05) is 45.4 Å². The predicted octanol–water partition coefficient (Wildman–Crippen LogP) is 3.88. The first-order chi connectivity index (χ1) is 9.22. The van der Waals surface area contributed by atoms with Crippen molar-refractivity contribution in [2.24, 2.45) is 11.8 Å². The van der Waals surface area contributed by atoms with E-state index in [9.17, 15) is 5.11 Å². The molecule has 0 unspecified atom stereocenters. The quantitative estimate of drug-likeness (QED) is 0.716. The predicted molar refractivity (Wildman–Crippen MR) is 81.3 cm³/mol. The molecule has 0 aliphatic heterocycles. The van der Waals surface area contributed by atoms with Gasteiger partial charge >= 0.3 is 0 Å². The Balaban J connectivity index is 1.57. The lowest BCUT2D eigenvalue weighted by Crippen LogP contribution is -2.44. The molecule has 0 aromatic heterocycles. The molecule has 2 rings (SSSR count). The molecule has 0 atom stereocenters. The smallest absolute Gasteiger partial charge is 0.0771 e. The molecule has 2 N–H and O–H groups in total. The van der Waals surface area contributed by atoms with Gasteiger partial charge in [-0.05, 0) is 50.5 Å². The third kappa shape index (κ3) is 5.07. The molecule has 0 aromatic carbocycles. The van der Waals surface area contributed by atoms with Crippen LogP contribution in [0.2, 0.25) is 0 Å². The van der Waals surface area contributed by atoms with Crippen molar-refractivity contribution in [3.05, 3.63) is 0 Å². The summed E-state index contributed by atoms with van der Waals surface area (Å²) in [4.78, 5) is 0. The van der Waals surface area contributed by atoms with Crippen molar-refractivity contribution >= 4 is 0 Å². The van der Waals surface area contributed by atoms with Crippen LogP contribution in [0.4, 0.5) is 0 Å². The van der Waals surface area contributed by atoms with Crippen LogP contribution in [0.15, 0.2) is 0 Å². The molecule has 0 radical (unpaired) electrons. The van der Waals surface area contributed by atoms with Gasteiger partial charge in [0, 0.05) is 6.54 Å². The Morgan fingerprint density at radius 2 is 1.68 bits per heavy atom. The van der Waals surface area contributed by atoms with Crippen LogP contribution in [0.3, 0.4) is 0 Å². The number of hydrogen-bond donors (Lipinski definition) is 2. The van der Waals surface area contributed by atoms with Crippen LogP contribution in [0, 0.1) is 11.8 Å². The van der Waals surface area contributed by atoms with Crippen molar-refractivity contribution in [1.82, 2.24) is 5.32 Å². The second-order valence-corrected chi connectivity index (χ2v) is 7.05. The summed E-state index contributed by atoms with van der Waals surface area (Å²) in [6, 6.07) is 0. The van der Waals surface area contributed by atoms with E-state index in [2.05, 4.69) is 12.2 Å². The maximum absolute atomic E-state index is 10.6. The molecule has 0 saturated heterocycles. The summed E-state index contributed by atoms with van der Waals surface area (Å²) in [5, 5.41) is 14.1. The minimum Gasteiger partial charge on any atom is -0.389 e. The van der Waals surface area contributed by atoms with Gasteiger partial charge in [0.15, 0.2) is 0 Å². The average molecular weight is 267 g/mol. The topological polar surface area (TPSA) is 32.3 Å². The summed E-state index contributed by atoms with van der Waals surface area (Å²) >= 11 is 0. The van der Waals surface area contributed by atoms with E-state index in [1.54, 1.807) is 0 Å². The summed E-state index contributed by atoms with van der Waals surface area (Å²) in [6.45, 7) is 4.19. The molecule has 19 heavy (non-hydrogen) atoms. The van der Waals surface area contributed by atoms with Crippen LogP contribution in [-0.4, -0.2) is 23.8 Å². The van der Waals surface area contributed by atoms with Crippen molar-refractivity contribution in [3.8, 4) is 0 Å². The monoisotopic (exact) mass is 267 g/mol. The van der Waals surface area contributed by atoms with E-state index in [1.165, 1.54) is 57.8 Å². The Bertz CT molecular complexity index is 240. The molecule has 0 amide bonds. The molecule has 2 heteroatoms. The van der Waals surface area contributed by atoms with E-state index in [0.29, 0.717) is 0 Å². The molecule has 112 valence electrons. The van der Waals surface area contributed by atoms with Gasteiger partial charge in [0.1, 0.15) is 0 Å². The minimum absolute atomic E-state index is 0.405. The molecule has 2 aliphatic rings. The fourth-order valence-corrected chi connectivity index (χ4v) is 3.90. The van der Waals surface area contributed by atoms with Gasteiger partial charge in [-0.3, -0.25) is 0 Å². The van der Waals surface area contributed by atoms with E-state index in [-0.39, 0.29) is 0 Å². The van der Waals surface area contributed by atoms with Crippen molar-refractivity contribution in [1.29, 1.82) is 0 Å². The highest BCUT2D eigenvalue weighted by Crippen LogP contribution is 2.33. The second-order valence-electron chi connectivity index (χ2n) is 7.05. The third-order valence-electron chi connectivity index (χ3n) is 5.52. The van der Waals surface area contributed by atoms with Crippen LogP contribution in [0.5, 0.6) is 0 Å². The molecule has 0 aromatic rings. The number of aliphatic hydroxyl groups is 1. The average Bonchev–Trinajstić information content (AvgIpc) is 2.46. The zero-order chi connectivity index (χ0) is 13.6. The first kappa shape index (κ1) is 15.3. The summed E-state index contributed by atoms with van der Waals surface area (Å²) in [5.41, 5.74) is -0.405. The Labute approximate surface area is 119 Å². The van der Waals surface area contributed by atoms with Gasteiger partial charge in [-0.25, -0.2) is 0 Å². The fraction of sp³-hybridized carbons (Fsp3) is 1.00. The van der Waals surface area contributed by atoms with Gasteiger partial charge in [-0.15, -0.1) is 0 Å². The van der Waals surface area contributed by atoms with Crippen molar-refractivity contribution in [3.63, 3.8) is 0 Å². The summed E-state index contributed by atoms with van der Waals surface area (Å²) in [5.74, 6) is 1.81. The Kier molecular flexibility index (Phi) is 6.15. The lowest BCUT2D eigenvalue weighted by atomic mass is 9.78. The standard InChI is InChI=1S/C17H33NO/c1-2-15-8-11-17(19,12-9-15)14-18-13-10-16-6-4-3-5-7-16/h15-16,18-19H,2-14H2,1H3. The molecule has 0 heterocycles. The summed E-state index contributed by atoms with van der Waals surface area (Å²) in [7, 11) is 0. The Morgan fingerprint density at radius 1 is 1.00 bits per heavy atom. The van der Waals surface area contributed by atoms with E-state index < -0.39 is 5.60 Å². The van der Waals surface area contributed by atoms with Gasteiger partial charge in [0.2, 0.25) is 0 Å². The highest BCUT2D eigenvalue weighted by Gasteiger charge is 2.32. The van der Waals surface area contributed by atoms with Crippen molar-refractivity contribution in [2.45, 2.75) is 83.2 Å². The van der Waals surface area contributed by atoms with Crippen molar-refractivity contribution < 1.29 is 5.11 Å². The zero-order valence-corrected chi connectivity index (χ0v) is 12.8. The molecular weight excluding hydrogens is 234 g/mol.